The van der Waals surface area contributed by atoms with Crippen molar-refractivity contribution in [1.29, 1.82) is 0 Å². The summed E-state index contributed by atoms with van der Waals surface area (Å²) >= 11 is 0. The van der Waals surface area contributed by atoms with Crippen LogP contribution in [0.4, 0.5) is 8.78 Å². The third-order valence-electron chi connectivity index (χ3n) is 4.62. The van der Waals surface area contributed by atoms with Crippen molar-refractivity contribution in [3.8, 4) is 0 Å². The number of rotatable bonds is 9. The average molecular weight is 406 g/mol. The maximum absolute atomic E-state index is 13.8. The number of hydrogen-bond acceptors (Lipinski definition) is 5. The van der Waals surface area contributed by atoms with Gasteiger partial charge in [-0.1, -0.05) is 60.7 Å². The summed E-state index contributed by atoms with van der Waals surface area (Å²) in [6.45, 7) is 1.64. The summed E-state index contributed by atoms with van der Waals surface area (Å²) in [6.07, 6.45) is -5.92. The first kappa shape index (κ1) is 21.4. The molecule has 156 valence electrons. The molecular weight excluding hydrogens is 382 g/mol. The minimum absolute atomic E-state index is 0.0370. The summed E-state index contributed by atoms with van der Waals surface area (Å²) < 4.78 is 49.7. The molecule has 0 spiro atoms. The van der Waals surface area contributed by atoms with Gasteiger partial charge in [0.2, 0.25) is 12.7 Å². The van der Waals surface area contributed by atoms with Gasteiger partial charge in [-0.25, -0.2) is 8.78 Å². The topological polar surface area (TPSA) is 54.0 Å². The van der Waals surface area contributed by atoms with E-state index in [4.69, 9.17) is 18.9 Å². The van der Waals surface area contributed by atoms with Crippen LogP contribution in [0.5, 0.6) is 0 Å². The zero-order valence-electron chi connectivity index (χ0n) is 16.1. The molecule has 7 heteroatoms. The van der Waals surface area contributed by atoms with Gasteiger partial charge < -0.3 is 18.9 Å². The van der Waals surface area contributed by atoms with Crippen molar-refractivity contribution in [2.75, 3.05) is 6.61 Å². The molecule has 2 aromatic rings. The van der Waals surface area contributed by atoms with Crippen LogP contribution in [0, 0.1) is 5.92 Å². The Labute approximate surface area is 168 Å². The van der Waals surface area contributed by atoms with Gasteiger partial charge in [0.25, 0.3) is 0 Å². The molecule has 2 aromatic carbocycles. The third kappa shape index (κ3) is 6.06. The molecule has 0 amide bonds. The Kier molecular flexibility index (Phi) is 7.69. The van der Waals surface area contributed by atoms with E-state index in [2.05, 4.69) is 0 Å². The Morgan fingerprint density at radius 2 is 1.59 bits per heavy atom. The number of carbonyl (C=O) groups excluding carboxylic acids is 1. The van der Waals surface area contributed by atoms with Gasteiger partial charge in [-0.15, -0.1) is 0 Å². The zero-order valence-corrected chi connectivity index (χ0v) is 16.1. The predicted octanol–water partition coefficient (Wildman–Crippen LogP) is 3.96. The first-order valence-corrected chi connectivity index (χ1v) is 9.42. The Morgan fingerprint density at radius 3 is 2.14 bits per heavy atom. The standard InChI is InChI=1S/C22H24F2O5/c1-15(25)28-22-19(21(23)24)20(27-13-17-10-6-3-7-11-17)18(29-22)14-26-12-16-8-4-2-5-9-16/h2-11,18-22H,12-14H2,1H3/t18-,19-,20-,22+/m1/s1. The normalized spacial score (nSPS) is 24.0. The maximum atomic E-state index is 13.8. The van der Waals surface area contributed by atoms with Crippen LogP contribution < -0.4 is 0 Å². The van der Waals surface area contributed by atoms with Crippen molar-refractivity contribution in [2.24, 2.45) is 5.92 Å². The summed E-state index contributed by atoms with van der Waals surface area (Å²) in [5.41, 5.74) is 1.80. The molecule has 0 bridgehead atoms. The highest BCUT2D eigenvalue weighted by Gasteiger charge is 2.52. The quantitative estimate of drug-likeness (QED) is 0.590. The minimum atomic E-state index is -2.78. The molecule has 4 atom stereocenters. The second-order valence-electron chi connectivity index (χ2n) is 6.83. The largest absolute Gasteiger partial charge is 0.435 e. The summed E-state index contributed by atoms with van der Waals surface area (Å²) in [7, 11) is 0. The van der Waals surface area contributed by atoms with Crippen LogP contribution in [-0.4, -0.2) is 37.5 Å². The number of hydrogen-bond donors (Lipinski definition) is 0. The number of halogens is 2. The Balaban J connectivity index is 1.68. The van der Waals surface area contributed by atoms with Crippen LogP contribution in [0.15, 0.2) is 60.7 Å². The van der Waals surface area contributed by atoms with Gasteiger partial charge in [0.05, 0.1) is 19.8 Å². The molecule has 1 fully saturated rings. The Morgan fingerprint density at radius 1 is 1.00 bits per heavy atom. The van der Waals surface area contributed by atoms with Gasteiger partial charge >= 0.3 is 5.97 Å². The number of benzene rings is 2. The van der Waals surface area contributed by atoms with E-state index < -0.39 is 36.8 Å². The molecule has 29 heavy (non-hydrogen) atoms. The molecule has 1 heterocycles. The lowest BCUT2D eigenvalue weighted by atomic mass is 10.0. The molecule has 0 saturated carbocycles. The van der Waals surface area contributed by atoms with Crippen molar-refractivity contribution >= 4 is 5.97 Å². The van der Waals surface area contributed by atoms with E-state index in [1.165, 1.54) is 0 Å². The molecule has 0 aliphatic carbocycles. The Hall–Kier alpha value is -2.35. The number of ether oxygens (including phenoxy) is 4. The van der Waals surface area contributed by atoms with Crippen LogP contribution in [0.3, 0.4) is 0 Å². The summed E-state index contributed by atoms with van der Waals surface area (Å²) in [6, 6.07) is 18.7. The maximum Gasteiger partial charge on any atom is 0.304 e. The summed E-state index contributed by atoms with van der Waals surface area (Å²) in [4.78, 5) is 11.3. The first-order valence-electron chi connectivity index (χ1n) is 9.42. The SMILES string of the molecule is CC(=O)O[C@H]1O[C@H](COCc2ccccc2)[C@@H](OCc2ccccc2)[C@@H]1C(F)F. The minimum Gasteiger partial charge on any atom is -0.435 e. The third-order valence-corrected chi connectivity index (χ3v) is 4.62. The fourth-order valence-corrected chi connectivity index (χ4v) is 3.26. The second-order valence-corrected chi connectivity index (χ2v) is 6.83. The molecule has 3 rings (SSSR count). The Bertz CT molecular complexity index is 756. The van der Waals surface area contributed by atoms with Gasteiger partial charge in [0.1, 0.15) is 18.1 Å². The first-order chi connectivity index (χ1) is 14.0. The second kappa shape index (κ2) is 10.4. The molecule has 1 aliphatic rings. The number of esters is 1. The molecule has 1 aliphatic heterocycles. The molecular formula is C22H24F2O5. The summed E-state index contributed by atoms with van der Waals surface area (Å²) in [5.74, 6) is -2.08. The van der Waals surface area contributed by atoms with E-state index in [0.717, 1.165) is 18.1 Å². The monoisotopic (exact) mass is 406 g/mol. The van der Waals surface area contributed by atoms with E-state index in [0.29, 0.717) is 6.61 Å². The van der Waals surface area contributed by atoms with Crippen molar-refractivity contribution in [3.05, 3.63) is 71.8 Å². The average Bonchev–Trinajstić information content (AvgIpc) is 3.04. The molecule has 0 N–H and O–H groups in total. The molecule has 5 nitrogen and oxygen atoms in total. The lowest BCUT2D eigenvalue weighted by Gasteiger charge is -2.23. The van der Waals surface area contributed by atoms with E-state index >= 15 is 0 Å². The van der Waals surface area contributed by atoms with E-state index in [1.807, 2.05) is 60.7 Å². The highest BCUT2D eigenvalue weighted by Crippen LogP contribution is 2.35. The van der Waals surface area contributed by atoms with Crippen LogP contribution in [0.2, 0.25) is 0 Å². The smallest absolute Gasteiger partial charge is 0.304 e. The number of alkyl halides is 2. The predicted molar refractivity (Wildman–Crippen MR) is 101 cm³/mol. The van der Waals surface area contributed by atoms with Crippen molar-refractivity contribution in [2.45, 2.75) is 45.1 Å². The molecule has 0 radical (unpaired) electrons. The lowest BCUT2D eigenvalue weighted by molar-refractivity contribution is -0.189. The lowest BCUT2D eigenvalue weighted by Crippen LogP contribution is -2.38. The fraction of sp³-hybridized carbons (Fsp3) is 0.409. The van der Waals surface area contributed by atoms with Crippen molar-refractivity contribution in [3.63, 3.8) is 0 Å². The molecule has 1 saturated heterocycles. The van der Waals surface area contributed by atoms with Crippen molar-refractivity contribution < 1.29 is 32.5 Å². The van der Waals surface area contributed by atoms with E-state index in [1.54, 1.807) is 0 Å². The highest BCUT2D eigenvalue weighted by molar-refractivity contribution is 5.66. The van der Waals surface area contributed by atoms with Crippen LogP contribution >= 0.6 is 0 Å². The van der Waals surface area contributed by atoms with Gasteiger partial charge in [0.15, 0.2) is 0 Å². The molecule has 0 unspecified atom stereocenters. The van der Waals surface area contributed by atoms with Gasteiger partial charge in [-0.2, -0.15) is 0 Å². The fourth-order valence-electron chi connectivity index (χ4n) is 3.26. The van der Waals surface area contributed by atoms with Crippen LogP contribution in [-0.2, 0) is 37.0 Å². The van der Waals surface area contributed by atoms with E-state index in [-0.39, 0.29) is 13.2 Å². The van der Waals surface area contributed by atoms with Crippen molar-refractivity contribution in [1.82, 2.24) is 0 Å². The summed E-state index contributed by atoms with van der Waals surface area (Å²) in [5, 5.41) is 0. The van der Waals surface area contributed by atoms with Crippen LogP contribution in [0.1, 0.15) is 18.1 Å². The zero-order chi connectivity index (χ0) is 20.6. The highest BCUT2D eigenvalue weighted by atomic mass is 19.3. The molecule has 0 aromatic heterocycles. The van der Waals surface area contributed by atoms with Gasteiger partial charge in [-0.05, 0) is 11.1 Å². The van der Waals surface area contributed by atoms with E-state index in [9.17, 15) is 13.6 Å². The van der Waals surface area contributed by atoms with Gasteiger partial charge in [-0.3, -0.25) is 4.79 Å². The number of carbonyl (C=O) groups is 1. The van der Waals surface area contributed by atoms with Gasteiger partial charge in [0, 0.05) is 6.92 Å². The van der Waals surface area contributed by atoms with Crippen LogP contribution in [0.25, 0.3) is 0 Å².